The number of carbonyl (C=O) groups is 1. The maximum absolute atomic E-state index is 11.2. The highest BCUT2D eigenvalue weighted by Crippen LogP contribution is 2.39. The van der Waals surface area contributed by atoms with E-state index in [1.54, 1.807) is 6.07 Å². The number of hydrogen-bond donors (Lipinski definition) is 1. The standard InChI is InChI=1S/C16H15BrO4/c1-20-16-13(9-19)14(17)7-12(8-18)15(16)21-10-11-5-3-2-4-6-11/h2-7,9,18H,8,10H2,1H3. The first-order chi connectivity index (χ1) is 10.2. The van der Waals surface area contributed by atoms with Gasteiger partial charge in [0.2, 0.25) is 0 Å². The topological polar surface area (TPSA) is 55.8 Å². The Labute approximate surface area is 131 Å². The Bertz CT molecular complexity index is 626. The summed E-state index contributed by atoms with van der Waals surface area (Å²) in [5.41, 5.74) is 1.90. The van der Waals surface area contributed by atoms with Gasteiger partial charge in [-0.05, 0) is 27.6 Å². The fraction of sp³-hybridized carbons (Fsp3) is 0.188. The van der Waals surface area contributed by atoms with Crippen molar-refractivity contribution in [2.45, 2.75) is 13.2 Å². The van der Waals surface area contributed by atoms with E-state index in [0.29, 0.717) is 40.0 Å². The molecule has 0 amide bonds. The lowest BCUT2D eigenvalue weighted by molar-refractivity contribution is 0.111. The van der Waals surface area contributed by atoms with Crippen molar-refractivity contribution in [3.63, 3.8) is 0 Å². The lowest BCUT2D eigenvalue weighted by atomic mass is 10.1. The highest BCUT2D eigenvalue weighted by molar-refractivity contribution is 9.10. The Kier molecular flexibility index (Phi) is 5.36. The van der Waals surface area contributed by atoms with Crippen molar-refractivity contribution in [1.82, 2.24) is 0 Å². The highest BCUT2D eigenvalue weighted by Gasteiger charge is 2.18. The zero-order valence-electron chi connectivity index (χ0n) is 11.5. The van der Waals surface area contributed by atoms with E-state index in [1.165, 1.54) is 7.11 Å². The Morgan fingerprint density at radius 1 is 1.24 bits per heavy atom. The second-order valence-electron chi connectivity index (χ2n) is 4.34. The van der Waals surface area contributed by atoms with Crippen molar-refractivity contribution >= 4 is 22.2 Å². The Morgan fingerprint density at radius 2 is 1.95 bits per heavy atom. The highest BCUT2D eigenvalue weighted by atomic mass is 79.9. The van der Waals surface area contributed by atoms with Crippen LogP contribution in [0.5, 0.6) is 11.5 Å². The number of carbonyl (C=O) groups excluding carboxylic acids is 1. The molecule has 0 aliphatic rings. The van der Waals surface area contributed by atoms with E-state index in [-0.39, 0.29) is 6.61 Å². The smallest absolute Gasteiger partial charge is 0.172 e. The van der Waals surface area contributed by atoms with Crippen LogP contribution in [0.1, 0.15) is 21.5 Å². The van der Waals surface area contributed by atoms with Crippen LogP contribution in [0.4, 0.5) is 0 Å². The number of rotatable bonds is 6. The molecule has 1 N–H and O–H groups in total. The van der Waals surface area contributed by atoms with E-state index >= 15 is 0 Å². The second kappa shape index (κ2) is 7.24. The minimum absolute atomic E-state index is 0.210. The van der Waals surface area contributed by atoms with Crippen LogP contribution < -0.4 is 9.47 Å². The lowest BCUT2D eigenvalue weighted by Gasteiger charge is -2.17. The summed E-state index contributed by atoms with van der Waals surface area (Å²) in [6.07, 6.45) is 0.694. The first-order valence-electron chi connectivity index (χ1n) is 6.33. The molecular weight excluding hydrogens is 336 g/mol. The predicted molar refractivity (Wildman–Crippen MR) is 82.8 cm³/mol. The summed E-state index contributed by atoms with van der Waals surface area (Å²) in [7, 11) is 1.46. The summed E-state index contributed by atoms with van der Waals surface area (Å²) < 4.78 is 11.6. The number of aldehydes is 1. The van der Waals surface area contributed by atoms with Crippen LogP contribution in [0, 0.1) is 0 Å². The average molecular weight is 351 g/mol. The number of aliphatic hydroxyl groups is 1. The van der Waals surface area contributed by atoms with Crippen molar-refractivity contribution in [3.8, 4) is 11.5 Å². The largest absolute Gasteiger partial charge is 0.492 e. The normalized spacial score (nSPS) is 10.2. The number of aliphatic hydroxyl groups excluding tert-OH is 1. The summed E-state index contributed by atoms with van der Waals surface area (Å²) in [4.78, 5) is 11.2. The molecule has 5 heteroatoms. The molecule has 0 saturated carbocycles. The second-order valence-corrected chi connectivity index (χ2v) is 5.20. The molecule has 0 bridgehead atoms. The molecule has 0 aromatic heterocycles. The number of methoxy groups -OCH3 is 1. The van der Waals surface area contributed by atoms with E-state index < -0.39 is 0 Å². The van der Waals surface area contributed by atoms with E-state index in [9.17, 15) is 9.90 Å². The van der Waals surface area contributed by atoms with E-state index in [4.69, 9.17) is 9.47 Å². The van der Waals surface area contributed by atoms with Gasteiger partial charge in [0.15, 0.2) is 17.8 Å². The van der Waals surface area contributed by atoms with Crippen molar-refractivity contribution in [3.05, 3.63) is 57.6 Å². The van der Waals surface area contributed by atoms with Crippen LogP contribution in [0.2, 0.25) is 0 Å². The lowest BCUT2D eigenvalue weighted by Crippen LogP contribution is -2.04. The van der Waals surface area contributed by atoms with Gasteiger partial charge in [-0.2, -0.15) is 0 Å². The van der Waals surface area contributed by atoms with Gasteiger partial charge in [0.05, 0.1) is 19.3 Å². The molecule has 0 radical (unpaired) electrons. The molecule has 0 aliphatic heterocycles. The van der Waals surface area contributed by atoms with Gasteiger partial charge in [0.1, 0.15) is 6.61 Å². The molecule has 0 atom stereocenters. The van der Waals surface area contributed by atoms with Crippen LogP contribution in [-0.4, -0.2) is 18.5 Å². The van der Waals surface area contributed by atoms with Crippen molar-refractivity contribution < 1.29 is 19.4 Å². The summed E-state index contributed by atoms with van der Waals surface area (Å²) >= 11 is 3.29. The summed E-state index contributed by atoms with van der Waals surface area (Å²) in [5.74, 6) is 0.702. The van der Waals surface area contributed by atoms with Crippen molar-refractivity contribution in [1.29, 1.82) is 0 Å². The summed E-state index contributed by atoms with van der Waals surface area (Å²) in [5, 5.41) is 9.48. The Balaban J connectivity index is 2.38. The number of ether oxygens (including phenoxy) is 2. The molecule has 2 aromatic rings. The Morgan fingerprint density at radius 3 is 2.52 bits per heavy atom. The fourth-order valence-electron chi connectivity index (χ4n) is 1.99. The van der Waals surface area contributed by atoms with Gasteiger partial charge in [-0.3, -0.25) is 4.79 Å². The molecule has 0 heterocycles. The minimum atomic E-state index is -0.210. The molecule has 2 rings (SSSR count). The van der Waals surface area contributed by atoms with E-state index in [2.05, 4.69) is 15.9 Å². The molecule has 0 unspecified atom stereocenters. The molecule has 0 spiro atoms. The minimum Gasteiger partial charge on any atom is -0.492 e. The maximum atomic E-state index is 11.2. The van der Waals surface area contributed by atoms with Gasteiger partial charge in [0.25, 0.3) is 0 Å². The first-order valence-corrected chi connectivity index (χ1v) is 7.12. The van der Waals surface area contributed by atoms with E-state index in [1.807, 2.05) is 30.3 Å². The average Bonchev–Trinajstić information content (AvgIpc) is 2.53. The van der Waals surface area contributed by atoms with Crippen LogP contribution in [0.3, 0.4) is 0 Å². The van der Waals surface area contributed by atoms with Gasteiger partial charge in [-0.25, -0.2) is 0 Å². The number of hydrogen-bond acceptors (Lipinski definition) is 4. The van der Waals surface area contributed by atoms with Crippen LogP contribution in [0.15, 0.2) is 40.9 Å². The summed E-state index contributed by atoms with van der Waals surface area (Å²) in [6.45, 7) is 0.113. The summed E-state index contributed by atoms with van der Waals surface area (Å²) in [6, 6.07) is 11.3. The van der Waals surface area contributed by atoms with Crippen LogP contribution in [0.25, 0.3) is 0 Å². The van der Waals surface area contributed by atoms with Gasteiger partial charge in [0, 0.05) is 10.0 Å². The molecule has 0 saturated heterocycles. The maximum Gasteiger partial charge on any atom is 0.172 e. The van der Waals surface area contributed by atoms with Gasteiger partial charge < -0.3 is 14.6 Å². The van der Waals surface area contributed by atoms with Crippen LogP contribution >= 0.6 is 15.9 Å². The molecule has 2 aromatic carbocycles. The van der Waals surface area contributed by atoms with E-state index in [0.717, 1.165) is 5.56 Å². The Hall–Kier alpha value is -1.85. The van der Waals surface area contributed by atoms with Gasteiger partial charge >= 0.3 is 0 Å². The number of benzene rings is 2. The van der Waals surface area contributed by atoms with Crippen LogP contribution in [-0.2, 0) is 13.2 Å². The number of halogens is 1. The van der Waals surface area contributed by atoms with Crippen molar-refractivity contribution in [2.24, 2.45) is 0 Å². The molecule has 110 valence electrons. The third-order valence-corrected chi connectivity index (χ3v) is 3.68. The molecule has 21 heavy (non-hydrogen) atoms. The fourth-order valence-corrected chi connectivity index (χ4v) is 2.54. The quantitative estimate of drug-likeness (QED) is 0.811. The molecule has 0 aliphatic carbocycles. The van der Waals surface area contributed by atoms with Gasteiger partial charge in [-0.1, -0.05) is 30.3 Å². The predicted octanol–water partition coefficient (Wildman–Crippen LogP) is 3.34. The van der Waals surface area contributed by atoms with Gasteiger partial charge in [-0.15, -0.1) is 0 Å². The molecule has 4 nitrogen and oxygen atoms in total. The SMILES string of the molecule is COc1c(C=O)c(Br)cc(CO)c1OCc1ccccc1. The third-order valence-electron chi connectivity index (χ3n) is 3.02. The zero-order valence-corrected chi connectivity index (χ0v) is 13.1. The third kappa shape index (κ3) is 3.43. The molecular formula is C16H15BrO4. The monoisotopic (exact) mass is 350 g/mol. The zero-order chi connectivity index (χ0) is 15.2. The molecule has 0 fully saturated rings. The first kappa shape index (κ1) is 15.5. The van der Waals surface area contributed by atoms with Crippen molar-refractivity contribution in [2.75, 3.05) is 7.11 Å².